The third-order valence-corrected chi connectivity index (χ3v) is 3.00. The van der Waals surface area contributed by atoms with Crippen LogP contribution in [0.4, 0.5) is 0 Å². The number of hydrogen-bond donors (Lipinski definition) is 1. The van der Waals surface area contributed by atoms with Crippen molar-refractivity contribution in [3.63, 3.8) is 0 Å². The van der Waals surface area contributed by atoms with Crippen molar-refractivity contribution in [2.24, 2.45) is 0 Å². The molecule has 0 saturated heterocycles. The van der Waals surface area contributed by atoms with E-state index in [-0.39, 0.29) is 5.78 Å². The lowest BCUT2D eigenvalue weighted by atomic mass is 10.0. The largest absolute Gasteiger partial charge is 0.496 e. The van der Waals surface area contributed by atoms with Gasteiger partial charge in [0, 0.05) is 30.2 Å². The number of ketones is 1. The van der Waals surface area contributed by atoms with E-state index in [0.29, 0.717) is 12.8 Å². The van der Waals surface area contributed by atoms with Crippen molar-refractivity contribution in [2.45, 2.75) is 33.1 Å². The second-order valence-electron chi connectivity index (χ2n) is 4.47. The highest BCUT2D eigenvalue weighted by molar-refractivity contribution is 5.80. The summed E-state index contributed by atoms with van der Waals surface area (Å²) in [6.45, 7) is 4.78. The fourth-order valence-corrected chi connectivity index (χ4v) is 1.99. The number of carbonyl (C=O) groups excluding carboxylic acids is 1. The summed E-state index contributed by atoms with van der Waals surface area (Å²) in [6, 6.07) is 0. The van der Waals surface area contributed by atoms with Crippen molar-refractivity contribution in [3.05, 3.63) is 23.0 Å². The number of carbonyl (C=O) groups is 1. The molecule has 1 N–H and O–H groups in total. The van der Waals surface area contributed by atoms with Crippen molar-refractivity contribution >= 4 is 5.78 Å². The summed E-state index contributed by atoms with van der Waals surface area (Å²) in [6.07, 6.45) is 3.63. The van der Waals surface area contributed by atoms with Crippen LogP contribution < -0.4 is 10.1 Å². The molecule has 0 atom stereocenters. The number of aromatic nitrogens is 1. The highest BCUT2D eigenvalue weighted by atomic mass is 16.5. The van der Waals surface area contributed by atoms with Crippen LogP contribution in [0.2, 0.25) is 0 Å². The van der Waals surface area contributed by atoms with E-state index in [0.717, 1.165) is 35.5 Å². The molecule has 0 unspecified atom stereocenters. The number of nitrogens with one attached hydrogen (secondary N) is 1. The van der Waals surface area contributed by atoms with Crippen molar-refractivity contribution in [3.8, 4) is 5.75 Å². The van der Waals surface area contributed by atoms with Crippen LogP contribution in [0, 0.1) is 13.8 Å². The Morgan fingerprint density at radius 1 is 1.44 bits per heavy atom. The second kappa shape index (κ2) is 7.11. The molecule has 0 spiro atoms. The average molecular weight is 250 g/mol. The first-order valence-electron chi connectivity index (χ1n) is 6.25. The molecule has 0 amide bonds. The molecular formula is C14H22N2O2. The highest BCUT2D eigenvalue weighted by Crippen LogP contribution is 2.24. The van der Waals surface area contributed by atoms with Gasteiger partial charge in [0.25, 0.3) is 0 Å². The highest BCUT2D eigenvalue weighted by Gasteiger charge is 2.12. The first kappa shape index (κ1) is 14.6. The smallest absolute Gasteiger partial charge is 0.138 e. The maximum atomic E-state index is 11.8. The molecular weight excluding hydrogens is 228 g/mol. The Hall–Kier alpha value is -1.42. The second-order valence-corrected chi connectivity index (χ2v) is 4.47. The number of ether oxygens (including phenoxy) is 1. The number of nitrogens with zero attached hydrogens (tertiary/aromatic N) is 1. The molecule has 0 aliphatic rings. The number of aryl methyl sites for hydroxylation is 1. The van der Waals surface area contributed by atoms with Crippen LogP contribution in [0.5, 0.6) is 5.75 Å². The molecule has 4 nitrogen and oxygen atoms in total. The van der Waals surface area contributed by atoms with E-state index in [1.807, 2.05) is 20.9 Å². The lowest BCUT2D eigenvalue weighted by molar-refractivity contribution is -0.118. The third-order valence-electron chi connectivity index (χ3n) is 3.00. The molecule has 4 heteroatoms. The Balaban J connectivity index is 2.70. The minimum absolute atomic E-state index is 0.228. The maximum Gasteiger partial charge on any atom is 0.138 e. The lowest BCUT2D eigenvalue weighted by Gasteiger charge is -2.11. The number of hydrogen-bond acceptors (Lipinski definition) is 4. The maximum absolute atomic E-state index is 11.8. The zero-order valence-corrected chi connectivity index (χ0v) is 11.7. The van der Waals surface area contributed by atoms with Gasteiger partial charge in [-0.15, -0.1) is 0 Å². The van der Waals surface area contributed by atoms with Crippen molar-refractivity contribution in [2.75, 3.05) is 20.7 Å². The monoisotopic (exact) mass is 250 g/mol. The van der Waals surface area contributed by atoms with Gasteiger partial charge in [0.15, 0.2) is 0 Å². The normalized spacial score (nSPS) is 10.4. The summed E-state index contributed by atoms with van der Waals surface area (Å²) in [4.78, 5) is 16.2. The fraction of sp³-hybridized carbons (Fsp3) is 0.571. The van der Waals surface area contributed by atoms with Crippen molar-refractivity contribution in [1.82, 2.24) is 10.3 Å². The topological polar surface area (TPSA) is 51.2 Å². The first-order valence-corrected chi connectivity index (χ1v) is 6.25. The van der Waals surface area contributed by atoms with Gasteiger partial charge in [-0.25, -0.2) is 0 Å². The number of methoxy groups -OCH3 is 1. The van der Waals surface area contributed by atoms with Crippen LogP contribution in [0.3, 0.4) is 0 Å². The molecule has 100 valence electrons. The molecule has 1 aromatic rings. The zero-order valence-electron chi connectivity index (χ0n) is 11.7. The molecule has 1 rings (SSSR count). The van der Waals surface area contributed by atoms with Gasteiger partial charge >= 0.3 is 0 Å². The van der Waals surface area contributed by atoms with Gasteiger partial charge in [-0.1, -0.05) is 0 Å². The van der Waals surface area contributed by atoms with E-state index in [4.69, 9.17) is 4.74 Å². The van der Waals surface area contributed by atoms with Crippen LogP contribution in [-0.4, -0.2) is 31.5 Å². The third kappa shape index (κ3) is 3.81. The van der Waals surface area contributed by atoms with Crippen molar-refractivity contribution < 1.29 is 9.53 Å². The predicted molar refractivity (Wildman–Crippen MR) is 72.1 cm³/mol. The van der Waals surface area contributed by atoms with Gasteiger partial charge < -0.3 is 10.1 Å². The average Bonchev–Trinajstić information content (AvgIpc) is 2.34. The van der Waals surface area contributed by atoms with E-state index in [2.05, 4.69) is 10.3 Å². The zero-order chi connectivity index (χ0) is 13.5. The molecule has 0 bridgehead atoms. The summed E-state index contributed by atoms with van der Waals surface area (Å²) < 4.78 is 5.34. The van der Waals surface area contributed by atoms with Gasteiger partial charge in [0.2, 0.25) is 0 Å². The fourth-order valence-electron chi connectivity index (χ4n) is 1.99. The Labute approximate surface area is 109 Å². The minimum Gasteiger partial charge on any atom is -0.496 e. The van der Waals surface area contributed by atoms with Gasteiger partial charge in [-0.05, 0) is 33.9 Å². The minimum atomic E-state index is 0.228. The number of Topliss-reactive ketones (excluding diaryl/α,β-unsaturated/α-hetero) is 1. The van der Waals surface area contributed by atoms with Crippen LogP contribution in [0.15, 0.2) is 6.20 Å². The summed E-state index contributed by atoms with van der Waals surface area (Å²) in [7, 11) is 3.54. The quantitative estimate of drug-likeness (QED) is 0.750. The van der Waals surface area contributed by atoms with Crippen LogP contribution in [0.1, 0.15) is 29.7 Å². The van der Waals surface area contributed by atoms with Crippen LogP contribution in [-0.2, 0) is 11.2 Å². The summed E-state index contributed by atoms with van der Waals surface area (Å²) >= 11 is 0. The van der Waals surface area contributed by atoms with Crippen molar-refractivity contribution in [1.29, 1.82) is 0 Å². The van der Waals surface area contributed by atoms with Gasteiger partial charge in [0.05, 0.1) is 12.8 Å². The molecule has 0 fully saturated rings. The molecule has 0 radical (unpaired) electrons. The van der Waals surface area contributed by atoms with E-state index in [1.54, 1.807) is 13.3 Å². The molecule has 0 aromatic carbocycles. The van der Waals surface area contributed by atoms with Gasteiger partial charge in [-0.3, -0.25) is 9.78 Å². The Morgan fingerprint density at radius 2 is 2.17 bits per heavy atom. The summed E-state index contributed by atoms with van der Waals surface area (Å²) in [5.41, 5.74) is 2.80. The van der Waals surface area contributed by atoms with Crippen LogP contribution in [0.25, 0.3) is 0 Å². The van der Waals surface area contributed by atoms with E-state index in [1.165, 1.54) is 0 Å². The van der Waals surface area contributed by atoms with Gasteiger partial charge in [-0.2, -0.15) is 0 Å². The van der Waals surface area contributed by atoms with E-state index in [9.17, 15) is 4.79 Å². The van der Waals surface area contributed by atoms with E-state index < -0.39 is 0 Å². The standard InChI is InChI=1S/C14H22N2O2/c1-10-9-16-13(11(2)14(10)18-4)8-12(17)6-5-7-15-3/h9,15H,5-8H2,1-4H3. The Bertz CT molecular complexity index is 417. The summed E-state index contributed by atoms with van der Waals surface area (Å²) in [5, 5.41) is 3.04. The van der Waals surface area contributed by atoms with Crippen LogP contribution >= 0.6 is 0 Å². The molecule has 1 aromatic heterocycles. The SMILES string of the molecule is CNCCCC(=O)Cc1ncc(C)c(OC)c1C. The lowest BCUT2D eigenvalue weighted by Crippen LogP contribution is -2.12. The first-order chi connectivity index (χ1) is 8.60. The number of rotatable bonds is 7. The Kier molecular flexibility index (Phi) is 5.78. The molecule has 0 saturated carbocycles. The van der Waals surface area contributed by atoms with Gasteiger partial charge in [0.1, 0.15) is 11.5 Å². The summed E-state index contributed by atoms with van der Waals surface area (Å²) in [5.74, 6) is 1.06. The molecule has 0 aliphatic carbocycles. The predicted octanol–water partition coefficient (Wildman–Crippen LogP) is 1.82. The number of pyridine rings is 1. The molecule has 1 heterocycles. The molecule has 0 aliphatic heterocycles. The van der Waals surface area contributed by atoms with E-state index >= 15 is 0 Å². The molecule has 18 heavy (non-hydrogen) atoms. The Morgan fingerprint density at radius 3 is 2.78 bits per heavy atom.